The van der Waals surface area contributed by atoms with Gasteiger partial charge in [0.15, 0.2) is 5.78 Å². The molecule has 0 radical (unpaired) electrons. The van der Waals surface area contributed by atoms with Crippen LogP contribution in [0.25, 0.3) is 0 Å². The Kier molecular flexibility index (Phi) is 22.1. The van der Waals surface area contributed by atoms with Gasteiger partial charge in [0.25, 0.3) is 0 Å². The van der Waals surface area contributed by atoms with E-state index in [2.05, 4.69) is 39.9 Å². The fourth-order valence-corrected chi connectivity index (χ4v) is 9.36. The zero-order valence-electron chi connectivity index (χ0n) is 40.2. The lowest BCUT2D eigenvalue weighted by atomic mass is 9.83. The zero-order valence-corrected chi connectivity index (χ0v) is 40.2. The number of nitrogens with zero attached hydrogens (tertiary/aromatic N) is 3. The highest BCUT2D eigenvalue weighted by atomic mass is 16.5. The first kappa shape index (κ1) is 53.0. The predicted octanol–water partition coefficient (Wildman–Crippen LogP) is 7.48. The largest absolute Gasteiger partial charge is 0.379 e. The number of ether oxygens (including phenoxy) is 2. The summed E-state index contributed by atoms with van der Waals surface area (Å²) in [4.78, 5) is 75.6. The van der Waals surface area contributed by atoms with Gasteiger partial charge in [-0.15, -0.1) is 0 Å². The Labute approximate surface area is 364 Å². The van der Waals surface area contributed by atoms with E-state index in [4.69, 9.17) is 9.47 Å². The van der Waals surface area contributed by atoms with Crippen LogP contribution in [-0.2, 0) is 39.9 Å². The molecule has 1 saturated heterocycles. The van der Waals surface area contributed by atoms with Crippen molar-refractivity contribution in [3.05, 3.63) is 35.9 Å². The molecule has 0 aliphatic carbocycles. The van der Waals surface area contributed by atoms with E-state index < -0.39 is 36.0 Å². The van der Waals surface area contributed by atoms with Crippen LogP contribution in [0.2, 0.25) is 0 Å². The Bertz CT molecular complexity index is 1480. The third-order valence-electron chi connectivity index (χ3n) is 13.0. The quantitative estimate of drug-likeness (QED) is 0.0953. The third kappa shape index (κ3) is 15.6. The van der Waals surface area contributed by atoms with Crippen molar-refractivity contribution < 1.29 is 33.4 Å². The van der Waals surface area contributed by atoms with Crippen LogP contribution >= 0.6 is 0 Å². The molecule has 342 valence electrons. The molecule has 3 amide bonds. The SMILES string of the molecule is CC[C@H](C)C([C@@H](CC(=O)N1CCC[C@H]1[C@H](OC)[C@@H](C)C(=O)C[C@@H](Cc1ccccc1)C(=O)NCCCC(C)(C)C)OC)N(C)C(=O)[C@@H](CC(=O)[C@H](C(C)C)N(C)C)C(C)C. The summed E-state index contributed by atoms with van der Waals surface area (Å²) in [5, 5.41) is 3.10. The van der Waals surface area contributed by atoms with Crippen molar-refractivity contribution in [3.8, 4) is 0 Å². The van der Waals surface area contributed by atoms with Crippen LogP contribution in [0.1, 0.15) is 126 Å². The monoisotopic (exact) mass is 841 g/mol. The topological polar surface area (TPSA) is 126 Å². The van der Waals surface area contributed by atoms with Crippen molar-refractivity contribution in [3.63, 3.8) is 0 Å². The van der Waals surface area contributed by atoms with E-state index in [-0.39, 0.29) is 83.8 Å². The molecule has 11 nitrogen and oxygen atoms in total. The molecule has 0 aromatic heterocycles. The maximum Gasteiger partial charge on any atom is 0.226 e. The van der Waals surface area contributed by atoms with Crippen LogP contribution in [-0.4, -0.2) is 123 Å². The molecule has 11 heteroatoms. The minimum Gasteiger partial charge on any atom is -0.379 e. The van der Waals surface area contributed by atoms with Crippen LogP contribution in [0.5, 0.6) is 0 Å². The number of ketones is 2. The number of Topliss-reactive ketones (excluding diaryl/α,β-unsaturated/α-hetero) is 2. The maximum absolute atomic E-state index is 14.4. The minimum absolute atomic E-state index is 0.00339. The number of likely N-dealkylation sites (N-methyl/N-ethyl adjacent to an activating group) is 2. The molecule has 0 spiro atoms. The molecule has 0 bridgehead atoms. The first-order valence-electron chi connectivity index (χ1n) is 22.7. The summed E-state index contributed by atoms with van der Waals surface area (Å²) in [5.41, 5.74) is 1.17. The standard InChI is InChI=1S/C49H84N4O7/c1-16-34(6)45(52(13)48(58)38(32(2)3)30-41(55)44(33(4)5)51(11)12)42(59-14)31-43(56)53-27-20-24-39(53)46(60-15)35(7)40(54)29-37(28-36-22-18-17-19-23-36)47(57)50-26-21-25-49(8,9)10/h17-19,22-23,32-35,37-39,42,44-46H,16,20-21,24-31H2,1-15H3,(H,50,57)/t34-,35-,37+,38-,39-,42+,44-,45?,46+/m0/s1. The van der Waals surface area contributed by atoms with E-state index in [0.717, 1.165) is 31.2 Å². The first-order valence-corrected chi connectivity index (χ1v) is 22.7. The van der Waals surface area contributed by atoms with E-state index in [1.54, 1.807) is 26.2 Å². The van der Waals surface area contributed by atoms with Gasteiger partial charge in [-0.2, -0.15) is 0 Å². The number of hydrogen-bond acceptors (Lipinski definition) is 8. The lowest BCUT2D eigenvalue weighted by molar-refractivity contribution is -0.149. The summed E-state index contributed by atoms with van der Waals surface area (Å²) in [6.45, 7) is 21.7. The van der Waals surface area contributed by atoms with Gasteiger partial charge in [0.2, 0.25) is 17.7 Å². The molecule has 1 aromatic carbocycles. The number of methoxy groups -OCH3 is 2. The lowest BCUT2D eigenvalue weighted by Gasteiger charge is -2.41. The van der Waals surface area contributed by atoms with Gasteiger partial charge in [-0.3, -0.25) is 28.9 Å². The molecule has 2 rings (SSSR count). The number of rotatable bonds is 26. The first-order chi connectivity index (χ1) is 28.1. The summed E-state index contributed by atoms with van der Waals surface area (Å²) in [6.07, 6.45) is 3.60. The van der Waals surface area contributed by atoms with E-state index >= 15 is 0 Å². The number of hydrogen-bond donors (Lipinski definition) is 1. The Morgan fingerprint density at radius 2 is 1.50 bits per heavy atom. The normalized spacial score (nSPS) is 18.8. The molecule has 1 aromatic rings. The number of likely N-dealkylation sites (tertiary alicyclic amines) is 1. The number of nitrogens with one attached hydrogen (secondary N) is 1. The number of carbonyl (C=O) groups excluding carboxylic acids is 5. The highest BCUT2D eigenvalue weighted by Gasteiger charge is 2.43. The van der Waals surface area contributed by atoms with E-state index in [1.807, 2.05) is 88.8 Å². The van der Waals surface area contributed by atoms with E-state index in [1.165, 1.54) is 0 Å². The summed E-state index contributed by atoms with van der Waals surface area (Å²) in [5.74, 6) is -1.93. The summed E-state index contributed by atoms with van der Waals surface area (Å²) in [7, 11) is 8.77. The van der Waals surface area contributed by atoms with E-state index in [0.29, 0.717) is 25.9 Å². The average molecular weight is 841 g/mol. The van der Waals surface area contributed by atoms with Gasteiger partial charge in [-0.1, -0.05) is 106 Å². The van der Waals surface area contributed by atoms with Crippen molar-refractivity contribution in [1.82, 2.24) is 20.0 Å². The van der Waals surface area contributed by atoms with Crippen molar-refractivity contribution in [1.29, 1.82) is 0 Å². The summed E-state index contributed by atoms with van der Waals surface area (Å²) < 4.78 is 12.2. The van der Waals surface area contributed by atoms with Crippen molar-refractivity contribution in [2.75, 3.05) is 48.5 Å². The van der Waals surface area contributed by atoms with Gasteiger partial charge in [0, 0.05) is 65.0 Å². The smallest absolute Gasteiger partial charge is 0.226 e. The van der Waals surface area contributed by atoms with Crippen LogP contribution < -0.4 is 5.32 Å². The molecule has 1 heterocycles. The number of amides is 3. The average Bonchev–Trinajstić information content (AvgIpc) is 3.67. The zero-order chi connectivity index (χ0) is 45.5. The van der Waals surface area contributed by atoms with Crippen LogP contribution in [0.15, 0.2) is 30.3 Å². The molecule has 9 atom stereocenters. The van der Waals surface area contributed by atoms with Gasteiger partial charge in [-0.05, 0) is 74.9 Å². The van der Waals surface area contributed by atoms with Crippen LogP contribution in [0, 0.1) is 40.9 Å². The van der Waals surface area contributed by atoms with Gasteiger partial charge >= 0.3 is 0 Å². The van der Waals surface area contributed by atoms with Crippen LogP contribution in [0.4, 0.5) is 0 Å². The second kappa shape index (κ2) is 25.1. The molecule has 1 aliphatic rings. The fourth-order valence-electron chi connectivity index (χ4n) is 9.36. The minimum atomic E-state index is -0.600. The van der Waals surface area contributed by atoms with Crippen molar-refractivity contribution in [2.24, 2.45) is 40.9 Å². The molecule has 1 N–H and O–H groups in total. The van der Waals surface area contributed by atoms with Gasteiger partial charge in [0.1, 0.15) is 5.78 Å². The predicted molar refractivity (Wildman–Crippen MR) is 241 cm³/mol. The Morgan fingerprint density at radius 3 is 2.02 bits per heavy atom. The Morgan fingerprint density at radius 1 is 0.867 bits per heavy atom. The molecule has 1 unspecified atom stereocenters. The highest BCUT2D eigenvalue weighted by Crippen LogP contribution is 2.32. The number of carbonyl (C=O) groups is 5. The molecule has 60 heavy (non-hydrogen) atoms. The molecule has 1 aliphatic heterocycles. The lowest BCUT2D eigenvalue weighted by Crippen LogP contribution is -2.54. The highest BCUT2D eigenvalue weighted by molar-refractivity contribution is 5.90. The van der Waals surface area contributed by atoms with Crippen molar-refractivity contribution in [2.45, 2.75) is 157 Å². The van der Waals surface area contributed by atoms with Crippen molar-refractivity contribution >= 4 is 29.3 Å². The van der Waals surface area contributed by atoms with E-state index in [9.17, 15) is 24.0 Å². The third-order valence-corrected chi connectivity index (χ3v) is 13.0. The molecule has 1 fully saturated rings. The molecular formula is C49H84N4O7. The van der Waals surface area contributed by atoms with Gasteiger partial charge < -0.3 is 24.6 Å². The van der Waals surface area contributed by atoms with Gasteiger partial charge in [0.05, 0.1) is 36.8 Å². The number of benzene rings is 1. The summed E-state index contributed by atoms with van der Waals surface area (Å²) >= 11 is 0. The second-order valence-electron chi connectivity index (χ2n) is 19.8. The maximum atomic E-state index is 14.4. The Balaban J connectivity index is 2.29. The van der Waals surface area contributed by atoms with Gasteiger partial charge in [-0.25, -0.2) is 0 Å². The summed E-state index contributed by atoms with van der Waals surface area (Å²) in [6, 6.07) is 8.76. The second-order valence-corrected chi connectivity index (χ2v) is 19.8. The fraction of sp³-hybridized carbons (Fsp3) is 0.776. The molecule has 0 saturated carbocycles. The molecular weight excluding hydrogens is 757 g/mol. The van der Waals surface area contributed by atoms with Crippen LogP contribution in [0.3, 0.4) is 0 Å². The Hall–Kier alpha value is -3.15.